The molecule has 5 heteroatoms. The second kappa shape index (κ2) is 5.97. The van der Waals surface area contributed by atoms with Gasteiger partial charge in [0, 0.05) is 11.8 Å². The fraction of sp³-hybridized carbons (Fsp3) is 0.467. The minimum Gasteiger partial charge on any atom is -0.396 e. The van der Waals surface area contributed by atoms with E-state index >= 15 is 0 Å². The monoisotopic (exact) mass is 290 g/mol. The molecule has 4 nitrogen and oxygen atoms in total. The molecule has 1 aromatic carbocycles. The number of aromatic nitrogens is 2. The number of thioether (sulfide) groups is 1. The highest BCUT2D eigenvalue weighted by atomic mass is 32.2. The van der Waals surface area contributed by atoms with Gasteiger partial charge in [-0.3, -0.25) is 9.36 Å². The fourth-order valence-corrected chi connectivity index (χ4v) is 3.66. The SMILES string of the molecule is O=c1c2ccccc2nc(SCCO)n1C1CCCC1. The number of aliphatic hydroxyl groups excluding tert-OH is 1. The number of hydrogen-bond donors (Lipinski definition) is 1. The predicted octanol–water partition coefficient (Wildman–Crippen LogP) is 2.60. The lowest BCUT2D eigenvalue weighted by Gasteiger charge is -2.18. The average Bonchev–Trinajstić information content (AvgIpc) is 2.99. The van der Waals surface area contributed by atoms with E-state index in [4.69, 9.17) is 5.11 Å². The lowest BCUT2D eigenvalue weighted by atomic mass is 10.2. The Bertz CT molecular complexity index is 662. The minimum absolute atomic E-state index is 0.0583. The molecule has 1 saturated carbocycles. The second-order valence-electron chi connectivity index (χ2n) is 5.10. The summed E-state index contributed by atoms with van der Waals surface area (Å²) >= 11 is 1.46. The molecule has 0 aliphatic heterocycles. The summed E-state index contributed by atoms with van der Waals surface area (Å²) in [7, 11) is 0. The third-order valence-corrected chi connectivity index (χ3v) is 4.72. The van der Waals surface area contributed by atoms with Crippen LogP contribution in [0.5, 0.6) is 0 Å². The maximum absolute atomic E-state index is 12.7. The highest BCUT2D eigenvalue weighted by molar-refractivity contribution is 7.99. The van der Waals surface area contributed by atoms with E-state index < -0.39 is 0 Å². The van der Waals surface area contributed by atoms with Gasteiger partial charge in [-0.2, -0.15) is 0 Å². The molecule has 0 radical (unpaired) electrons. The van der Waals surface area contributed by atoms with Crippen molar-refractivity contribution in [3.63, 3.8) is 0 Å². The Morgan fingerprint density at radius 3 is 2.80 bits per heavy atom. The van der Waals surface area contributed by atoms with Gasteiger partial charge in [-0.1, -0.05) is 36.7 Å². The van der Waals surface area contributed by atoms with E-state index in [1.54, 1.807) is 0 Å². The smallest absolute Gasteiger partial charge is 0.262 e. The summed E-state index contributed by atoms with van der Waals surface area (Å²) in [5.41, 5.74) is 0.801. The summed E-state index contributed by atoms with van der Waals surface area (Å²) < 4.78 is 1.86. The largest absolute Gasteiger partial charge is 0.396 e. The van der Waals surface area contributed by atoms with Crippen molar-refractivity contribution in [3.05, 3.63) is 34.6 Å². The van der Waals surface area contributed by atoms with E-state index in [0.717, 1.165) is 23.5 Å². The van der Waals surface area contributed by atoms with Crippen molar-refractivity contribution in [2.24, 2.45) is 0 Å². The Morgan fingerprint density at radius 2 is 2.05 bits per heavy atom. The van der Waals surface area contributed by atoms with Crippen molar-refractivity contribution in [1.82, 2.24) is 9.55 Å². The lowest BCUT2D eigenvalue weighted by molar-refractivity contribution is 0.322. The van der Waals surface area contributed by atoms with E-state index in [0.29, 0.717) is 11.1 Å². The van der Waals surface area contributed by atoms with Gasteiger partial charge >= 0.3 is 0 Å². The predicted molar refractivity (Wildman–Crippen MR) is 81.3 cm³/mol. The lowest BCUT2D eigenvalue weighted by Crippen LogP contribution is -2.26. The molecule has 0 amide bonds. The molecule has 3 rings (SSSR count). The van der Waals surface area contributed by atoms with Crippen molar-refractivity contribution in [1.29, 1.82) is 0 Å². The number of para-hydroxylation sites is 1. The van der Waals surface area contributed by atoms with E-state index in [9.17, 15) is 4.79 Å². The molecular weight excluding hydrogens is 272 g/mol. The first-order chi connectivity index (χ1) is 9.81. The topological polar surface area (TPSA) is 55.1 Å². The molecule has 2 aromatic rings. The summed E-state index contributed by atoms with van der Waals surface area (Å²) in [4.78, 5) is 17.4. The molecule has 1 heterocycles. The van der Waals surface area contributed by atoms with Crippen LogP contribution in [0, 0.1) is 0 Å². The first-order valence-corrected chi connectivity index (χ1v) is 8.05. The van der Waals surface area contributed by atoms with E-state index in [1.807, 2.05) is 28.8 Å². The maximum Gasteiger partial charge on any atom is 0.262 e. The van der Waals surface area contributed by atoms with Crippen LogP contribution in [-0.2, 0) is 0 Å². The van der Waals surface area contributed by atoms with Gasteiger partial charge in [0.25, 0.3) is 5.56 Å². The molecule has 0 saturated heterocycles. The minimum atomic E-state index is 0.0583. The number of nitrogens with zero attached hydrogens (tertiary/aromatic N) is 2. The Kier molecular flexibility index (Phi) is 4.08. The van der Waals surface area contributed by atoms with Gasteiger partial charge in [0.15, 0.2) is 5.16 Å². The highest BCUT2D eigenvalue weighted by Crippen LogP contribution is 2.31. The Hall–Kier alpha value is -1.33. The van der Waals surface area contributed by atoms with Gasteiger partial charge in [-0.15, -0.1) is 0 Å². The van der Waals surface area contributed by atoms with Gasteiger partial charge < -0.3 is 5.11 Å². The Balaban J connectivity index is 2.16. The first-order valence-electron chi connectivity index (χ1n) is 7.06. The molecule has 1 aromatic heterocycles. The Morgan fingerprint density at radius 1 is 1.30 bits per heavy atom. The molecular formula is C15H18N2O2S. The van der Waals surface area contributed by atoms with Crippen LogP contribution in [0.25, 0.3) is 10.9 Å². The molecule has 1 fully saturated rings. The maximum atomic E-state index is 12.7. The third kappa shape index (κ3) is 2.47. The third-order valence-electron chi connectivity index (χ3n) is 3.79. The van der Waals surface area contributed by atoms with Crippen LogP contribution in [0.2, 0.25) is 0 Å². The van der Waals surface area contributed by atoms with Crippen molar-refractivity contribution in [3.8, 4) is 0 Å². The first kappa shape index (κ1) is 13.6. The number of benzene rings is 1. The molecule has 106 valence electrons. The number of rotatable bonds is 4. The number of aliphatic hydroxyl groups is 1. The molecule has 0 spiro atoms. The average molecular weight is 290 g/mol. The summed E-state index contributed by atoms with van der Waals surface area (Å²) in [5, 5.41) is 10.5. The zero-order valence-corrected chi connectivity index (χ0v) is 12.1. The van der Waals surface area contributed by atoms with Gasteiger partial charge in [0.05, 0.1) is 17.5 Å². The Labute approximate surface area is 121 Å². The summed E-state index contributed by atoms with van der Waals surface area (Å²) in [6.07, 6.45) is 4.45. The second-order valence-corrected chi connectivity index (χ2v) is 6.16. The van der Waals surface area contributed by atoms with E-state index in [1.165, 1.54) is 24.6 Å². The van der Waals surface area contributed by atoms with Crippen LogP contribution in [0.4, 0.5) is 0 Å². The quantitative estimate of drug-likeness (QED) is 0.694. The zero-order chi connectivity index (χ0) is 13.9. The fourth-order valence-electron chi connectivity index (χ4n) is 2.85. The summed E-state index contributed by atoms with van der Waals surface area (Å²) in [5.74, 6) is 0.567. The van der Waals surface area contributed by atoms with E-state index in [2.05, 4.69) is 4.98 Å². The van der Waals surface area contributed by atoms with Gasteiger partial charge in [-0.25, -0.2) is 4.98 Å². The van der Waals surface area contributed by atoms with E-state index in [-0.39, 0.29) is 18.2 Å². The molecule has 1 aliphatic rings. The number of fused-ring (bicyclic) bond motifs is 1. The zero-order valence-electron chi connectivity index (χ0n) is 11.3. The van der Waals surface area contributed by atoms with Crippen LogP contribution < -0.4 is 5.56 Å². The highest BCUT2D eigenvalue weighted by Gasteiger charge is 2.22. The number of hydrogen-bond acceptors (Lipinski definition) is 4. The van der Waals surface area contributed by atoms with Crippen molar-refractivity contribution in [2.45, 2.75) is 36.9 Å². The van der Waals surface area contributed by atoms with Crippen molar-refractivity contribution in [2.75, 3.05) is 12.4 Å². The molecule has 0 unspecified atom stereocenters. The van der Waals surface area contributed by atoms with Crippen LogP contribution in [-0.4, -0.2) is 27.0 Å². The van der Waals surface area contributed by atoms with Crippen molar-refractivity contribution >= 4 is 22.7 Å². The molecule has 1 aliphatic carbocycles. The molecule has 0 bridgehead atoms. The van der Waals surface area contributed by atoms with Crippen LogP contribution in [0.3, 0.4) is 0 Å². The summed E-state index contributed by atoms with van der Waals surface area (Å²) in [6.45, 7) is 0.0953. The standard InChI is InChI=1S/C15H18N2O2S/c18-9-10-20-15-16-13-8-4-3-7-12(13)14(19)17(15)11-5-1-2-6-11/h3-4,7-8,11,18H,1-2,5-6,9-10H2. The molecule has 0 atom stereocenters. The van der Waals surface area contributed by atoms with Gasteiger partial charge in [-0.05, 0) is 25.0 Å². The van der Waals surface area contributed by atoms with Gasteiger partial charge in [0.1, 0.15) is 0 Å². The van der Waals surface area contributed by atoms with Crippen LogP contribution in [0.1, 0.15) is 31.7 Å². The van der Waals surface area contributed by atoms with Gasteiger partial charge in [0.2, 0.25) is 0 Å². The molecule has 1 N–H and O–H groups in total. The van der Waals surface area contributed by atoms with Crippen molar-refractivity contribution < 1.29 is 5.11 Å². The van der Waals surface area contributed by atoms with Crippen LogP contribution >= 0.6 is 11.8 Å². The molecule has 20 heavy (non-hydrogen) atoms. The van der Waals surface area contributed by atoms with Crippen LogP contribution in [0.15, 0.2) is 34.2 Å². The summed E-state index contributed by atoms with van der Waals surface area (Å²) in [6, 6.07) is 7.76. The normalized spacial score (nSPS) is 16.1.